The van der Waals surface area contributed by atoms with Gasteiger partial charge in [-0.2, -0.15) is 0 Å². The fourth-order valence-electron chi connectivity index (χ4n) is 1.96. The predicted octanol–water partition coefficient (Wildman–Crippen LogP) is 3.85. The van der Waals surface area contributed by atoms with Crippen molar-refractivity contribution in [3.63, 3.8) is 0 Å². The molecule has 0 amide bonds. The average Bonchev–Trinajstić information content (AvgIpc) is 2.42. The molecule has 1 unspecified atom stereocenters. The summed E-state index contributed by atoms with van der Waals surface area (Å²) in [4.78, 5) is 0. The number of hydrogen-bond acceptors (Lipinski definition) is 2. The Morgan fingerprint density at radius 3 is 2.47 bits per heavy atom. The third-order valence-corrected chi connectivity index (χ3v) is 3.26. The van der Waals surface area contributed by atoms with Crippen LogP contribution in [0.25, 0.3) is 0 Å². The molecule has 0 fully saturated rings. The number of nitrogens with one attached hydrogen (secondary N) is 1. The molecule has 0 spiro atoms. The molecule has 3 heteroatoms. The SMILES string of the molecule is CCCCCCC(C)OCc1ccc(C(=N)N)cc1. The van der Waals surface area contributed by atoms with E-state index in [4.69, 9.17) is 15.9 Å². The number of rotatable bonds is 9. The molecule has 1 aromatic carbocycles. The highest BCUT2D eigenvalue weighted by atomic mass is 16.5. The molecular formula is C16H26N2O. The smallest absolute Gasteiger partial charge is 0.122 e. The van der Waals surface area contributed by atoms with E-state index in [0.29, 0.717) is 12.7 Å². The highest BCUT2D eigenvalue weighted by molar-refractivity contribution is 5.94. The van der Waals surface area contributed by atoms with Crippen LogP contribution in [0.5, 0.6) is 0 Å². The molecule has 1 atom stereocenters. The van der Waals surface area contributed by atoms with Crippen molar-refractivity contribution in [3.8, 4) is 0 Å². The van der Waals surface area contributed by atoms with Gasteiger partial charge in [-0.25, -0.2) is 0 Å². The van der Waals surface area contributed by atoms with Crippen LogP contribution < -0.4 is 5.73 Å². The van der Waals surface area contributed by atoms with Gasteiger partial charge in [-0.05, 0) is 18.9 Å². The molecule has 0 saturated carbocycles. The lowest BCUT2D eigenvalue weighted by Crippen LogP contribution is -2.11. The first-order valence-electron chi connectivity index (χ1n) is 7.18. The summed E-state index contributed by atoms with van der Waals surface area (Å²) in [6.45, 7) is 4.99. The van der Waals surface area contributed by atoms with E-state index in [2.05, 4.69) is 13.8 Å². The molecule has 0 aliphatic rings. The lowest BCUT2D eigenvalue weighted by molar-refractivity contribution is 0.0459. The van der Waals surface area contributed by atoms with Crippen molar-refractivity contribution >= 4 is 5.84 Å². The van der Waals surface area contributed by atoms with E-state index in [9.17, 15) is 0 Å². The summed E-state index contributed by atoms with van der Waals surface area (Å²) in [6, 6.07) is 7.68. The van der Waals surface area contributed by atoms with Gasteiger partial charge >= 0.3 is 0 Å². The van der Waals surface area contributed by atoms with Gasteiger partial charge in [-0.1, -0.05) is 56.9 Å². The first-order chi connectivity index (χ1) is 9.13. The quantitative estimate of drug-likeness (QED) is 0.403. The Bertz CT molecular complexity index is 373. The van der Waals surface area contributed by atoms with Crippen molar-refractivity contribution < 1.29 is 4.74 Å². The monoisotopic (exact) mass is 262 g/mol. The van der Waals surface area contributed by atoms with Crippen molar-refractivity contribution in [2.75, 3.05) is 0 Å². The molecule has 0 aliphatic heterocycles. The molecule has 1 aromatic rings. The fraction of sp³-hybridized carbons (Fsp3) is 0.562. The van der Waals surface area contributed by atoms with Crippen molar-refractivity contribution in [2.24, 2.45) is 5.73 Å². The second-order valence-electron chi connectivity index (χ2n) is 5.08. The fourth-order valence-corrected chi connectivity index (χ4v) is 1.96. The Kier molecular flexibility index (Phi) is 7.19. The number of nitrogen functional groups attached to an aromatic ring is 1. The second kappa shape index (κ2) is 8.70. The average molecular weight is 262 g/mol. The van der Waals surface area contributed by atoms with Gasteiger partial charge in [0.05, 0.1) is 12.7 Å². The van der Waals surface area contributed by atoms with Crippen LogP contribution in [0.1, 0.15) is 57.1 Å². The van der Waals surface area contributed by atoms with Gasteiger partial charge in [0.15, 0.2) is 0 Å². The molecule has 0 saturated heterocycles. The molecule has 0 heterocycles. The van der Waals surface area contributed by atoms with Gasteiger partial charge in [0.25, 0.3) is 0 Å². The molecule has 0 aromatic heterocycles. The van der Waals surface area contributed by atoms with Gasteiger partial charge in [-0.15, -0.1) is 0 Å². The lowest BCUT2D eigenvalue weighted by Gasteiger charge is -2.13. The number of ether oxygens (including phenoxy) is 1. The zero-order chi connectivity index (χ0) is 14.1. The summed E-state index contributed by atoms with van der Waals surface area (Å²) in [5.41, 5.74) is 7.31. The maximum atomic E-state index is 7.33. The maximum Gasteiger partial charge on any atom is 0.122 e. The summed E-state index contributed by atoms with van der Waals surface area (Å²) < 4.78 is 5.82. The highest BCUT2D eigenvalue weighted by Gasteiger charge is 2.03. The van der Waals surface area contributed by atoms with Gasteiger partial charge in [0.1, 0.15) is 5.84 Å². The molecule has 3 N–H and O–H groups in total. The molecule has 0 aliphatic carbocycles. The largest absolute Gasteiger partial charge is 0.384 e. The molecule has 19 heavy (non-hydrogen) atoms. The summed E-state index contributed by atoms with van der Waals surface area (Å²) in [5.74, 6) is 0.108. The third kappa shape index (κ3) is 6.39. The van der Waals surface area contributed by atoms with Gasteiger partial charge < -0.3 is 10.5 Å². The first kappa shape index (κ1) is 15.7. The van der Waals surface area contributed by atoms with E-state index in [1.165, 1.54) is 25.7 Å². The maximum absolute atomic E-state index is 7.33. The van der Waals surface area contributed by atoms with E-state index >= 15 is 0 Å². The number of unbranched alkanes of at least 4 members (excludes halogenated alkanes) is 3. The van der Waals surface area contributed by atoms with Crippen LogP contribution in [0.15, 0.2) is 24.3 Å². The van der Waals surface area contributed by atoms with E-state index in [-0.39, 0.29) is 5.84 Å². The number of benzene rings is 1. The standard InChI is InChI=1S/C16H26N2O/c1-3-4-5-6-7-13(2)19-12-14-8-10-15(11-9-14)16(17)18/h8-11,13H,3-7,12H2,1-2H3,(H3,17,18). The zero-order valence-electron chi connectivity index (χ0n) is 12.1. The summed E-state index contributed by atoms with van der Waals surface area (Å²) in [6.07, 6.45) is 6.59. The number of amidine groups is 1. The van der Waals surface area contributed by atoms with Crippen LogP contribution in [-0.4, -0.2) is 11.9 Å². The Morgan fingerprint density at radius 2 is 1.89 bits per heavy atom. The van der Waals surface area contributed by atoms with E-state index < -0.39 is 0 Å². The van der Waals surface area contributed by atoms with Crippen molar-refractivity contribution in [1.82, 2.24) is 0 Å². The topological polar surface area (TPSA) is 59.1 Å². The van der Waals surface area contributed by atoms with Gasteiger partial charge in [0, 0.05) is 5.56 Å². The zero-order valence-corrected chi connectivity index (χ0v) is 12.1. The minimum absolute atomic E-state index is 0.108. The normalized spacial score (nSPS) is 12.3. The Balaban J connectivity index is 2.25. The Morgan fingerprint density at radius 1 is 1.21 bits per heavy atom. The van der Waals surface area contributed by atoms with Crippen molar-refractivity contribution in [1.29, 1.82) is 5.41 Å². The predicted molar refractivity (Wildman–Crippen MR) is 80.5 cm³/mol. The third-order valence-electron chi connectivity index (χ3n) is 3.26. The number of nitrogens with two attached hydrogens (primary N) is 1. The molecule has 0 radical (unpaired) electrons. The van der Waals surface area contributed by atoms with Crippen LogP contribution in [-0.2, 0) is 11.3 Å². The summed E-state index contributed by atoms with van der Waals surface area (Å²) in [5, 5.41) is 7.33. The van der Waals surface area contributed by atoms with Crippen LogP contribution in [0, 0.1) is 5.41 Å². The molecule has 1 rings (SSSR count). The Hall–Kier alpha value is -1.35. The van der Waals surface area contributed by atoms with E-state index in [0.717, 1.165) is 17.5 Å². The van der Waals surface area contributed by atoms with Crippen molar-refractivity contribution in [2.45, 2.75) is 58.7 Å². The Labute approximate surface area is 116 Å². The lowest BCUT2D eigenvalue weighted by atomic mass is 10.1. The van der Waals surface area contributed by atoms with Gasteiger partial charge in [0.2, 0.25) is 0 Å². The second-order valence-corrected chi connectivity index (χ2v) is 5.08. The van der Waals surface area contributed by atoms with Gasteiger partial charge in [-0.3, -0.25) is 5.41 Å². The molecular weight excluding hydrogens is 236 g/mol. The minimum atomic E-state index is 0.108. The van der Waals surface area contributed by atoms with Crippen LogP contribution in [0.3, 0.4) is 0 Å². The van der Waals surface area contributed by atoms with E-state index in [1.807, 2.05) is 24.3 Å². The first-order valence-corrected chi connectivity index (χ1v) is 7.18. The number of hydrogen-bond donors (Lipinski definition) is 2. The molecule has 3 nitrogen and oxygen atoms in total. The summed E-state index contributed by atoms with van der Waals surface area (Å²) >= 11 is 0. The van der Waals surface area contributed by atoms with Crippen LogP contribution in [0.2, 0.25) is 0 Å². The van der Waals surface area contributed by atoms with E-state index in [1.54, 1.807) is 0 Å². The molecule has 0 bridgehead atoms. The van der Waals surface area contributed by atoms with Crippen LogP contribution in [0.4, 0.5) is 0 Å². The molecule has 106 valence electrons. The van der Waals surface area contributed by atoms with Crippen LogP contribution >= 0.6 is 0 Å². The van der Waals surface area contributed by atoms with Crippen molar-refractivity contribution in [3.05, 3.63) is 35.4 Å². The highest BCUT2D eigenvalue weighted by Crippen LogP contribution is 2.11. The minimum Gasteiger partial charge on any atom is -0.384 e. The summed E-state index contributed by atoms with van der Waals surface area (Å²) in [7, 11) is 0.